The van der Waals surface area contributed by atoms with E-state index in [9.17, 15) is 4.79 Å². The van der Waals surface area contributed by atoms with E-state index in [-0.39, 0.29) is 5.56 Å². The number of thiophene rings is 1. The predicted molar refractivity (Wildman–Crippen MR) is 73.2 cm³/mol. The Hall–Kier alpha value is -1.24. The molecule has 0 fully saturated rings. The number of aromatic nitrogens is 2. The number of fused-ring (bicyclic) bond motifs is 1. The number of nitrogens with one attached hydrogen (secondary N) is 1. The van der Waals surface area contributed by atoms with Crippen molar-refractivity contribution >= 4 is 21.6 Å². The molecule has 0 bridgehead atoms. The fourth-order valence-electron chi connectivity index (χ4n) is 1.70. The monoisotopic (exact) mass is 267 g/mol. The summed E-state index contributed by atoms with van der Waals surface area (Å²) in [6.07, 6.45) is 2.60. The molecule has 0 atom stereocenters. The zero-order valence-electron chi connectivity index (χ0n) is 10.4. The SMILES string of the molecule is COCCCNCCn1cnc2ccsc2c1=O. The van der Waals surface area contributed by atoms with Crippen molar-refractivity contribution < 1.29 is 4.74 Å². The van der Waals surface area contributed by atoms with Crippen LogP contribution in [-0.4, -0.2) is 36.4 Å². The maximum atomic E-state index is 12.0. The van der Waals surface area contributed by atoms with Crippen LogP contribution in [0, 0.1) is 0 Å². The zero-order valence-corrected chi connectivity index (χ0v) is 11.2. The van der Waals surface area contributed by atoms with Gasteiger partial charge in [0, 0.05) is 26.8 Å². The summed E-state index contributed by atoms with van der Waals surface area (Å²) in [6.45, 7) is 3.07. The van der Waals surface area contributed by atoms with Crippen molar-refractivity contribution in [2.45, 2.75) is 13.0 Å². The van der Waals surface area contributed by atoms with Crippen LogP contribution in [0.15, 0.2) is 22.6 Å². The Labute approximate surface area is 109 Å². The number of methoxy groups -OCH3 is 1. The zero-order chi connectivity index (χ0) is 12.8. The van der Waals surface area contributed by atoms with Crippen molar-refractivity contribution in [2.75, 3.05) is 26.8 Å². The highest BCUT2D eigenvalue weighted by atomic mass is 32.1. The van der Waals surface area contributed by atoms with Gasteiger partial charge in [0.15, 0.2) is 0 Å². The minimum atomic E-state index is 0.0497. The highest BCUT2D eigenvalue weighted by molar-refractivity contribution is 7.17. The van der Waals surface area contributed by atoms with Gasteiger partial charge in [-0.05, 0) is 24.4 Å². The molecule has 0 amide bonds. The van der Waals surface area contributed by atoms with Gasteiger partial charge in [0.05, 0.1) is 11.8 Å². The van der Waals surface area contributed by atoms with Crippen LogP contribution in [0.3, 0.4) is 0 Å². The van der Waals surface area contributed by atoms with Gasteiger partial charge in [-0.3, -0.25) is 9.36 Å². The quantitative estimate of drug-likeness (QED) is 0.763. The summed E-state index contributed by atoms with van der Waals surface area (Å²) >= 11 is 1.45. The van der Waals surface area contributed by atoms with E-state index in [4.69, 9.17) is 4.74 Å². The van der Waals surface area contributed by atoms with E-state index in [1.807, 2.05) is 11.4 Å². The number of nitrogens with zero attached hydrogens (tertiary/aromatic N) is 2. The molecule has 2 aromatic rings. The molecule has 0 radical (unpaired) electrons. The molecule has 0 aliphatic heterocycles. The lowest BCUT2D eigenvalue weighted by Crippen LogP contribution is -2.27. The van der Waals surface area contributed by atoms with Crippen LogP contribution in [0.4, 0.5) is 0 Å². The maximum Gasteiger partial charge on any atom is 0.271 e. The third-order valence-corrected chi connectivity index (χ3v) is 3.56. The molecule has 2 heterocycles. The molecule has 0 unspecified atom stereocenters. The van der Waals surface area contributed by atoms with E-state index >= 15 is 0 Å². The molecule has 18 heavy (non-hydrogen) atoms. The van der Waals surface area contributed by atoms with E-state index in [1.165, 1.54) is 11.3 Å². The van der Waals surface area contributed by atoms with Crippen LogP contribution in [0.2, 0.25) is 0 Å². The lowest BCUT2D eigenvalue weighted by atomic mass is 10.4. The Bertz CT molecular complexity index is 549. The average molecular weight is 267 g/mol. The van der Waals surface area contributed by atoms with Gasteiger partial charge in [-0.2, -0.15) is 0 Å². The first-order valence-electron chi connectivity index (χ1n) is 5.95. The summed E-state index contributed by atoms with van der Waals surface area (Å²) in [7, 11) is 1.70. The van der Waals surface area contributed by atoms with Crippen molar-refractivity contribution in [1.82, 2.24) is 14.9 Å². The fraction of sp³-hybridized carbons (Fsp3) is 0.500. The topological polar surface area (TPSA) is 56.1 Å². The second kappa shape index (κ2) is 6.63. The highest BCUT2D eigenvalue weighted by Gasteiger charge is 2.04. The van der Waals surface area contributed by atoms with Gasteiger partial charge in [-0.25, -0.2) is 4.98 Å². The summed E-state index contributed by atoms with van der Waals surface area (Å²) < 4.78 is 7.35. The van der Waals surface area contributed by atoms with Crippen LogP contribution < -0.4 is 10.9 Å². The molecule has 0 aliphatic rings. The molecule has 2 aromatic heterocycles. The Morgan fingerprint density at radius 3 is 3.22 bits per heavy atom. The maximum absolute atomic E-state index is 12.0. The smallest absolute Gasteiger partial charge is 0.271 e. The van der Waals surface area contributed by atoms with Gasteiger partial charge >= 0.3 is 0 Å². The Morgan fingerprint density at radius 2 is 2.39 bits per heavy atom. The summed E-state index contributed by atoms with van der Waals surface area (Å²) in [4.78, 5) is 16.3. The summed E-state index contributed by atoms with van der Waals surface area (Å²) in [5.41, 5.74) is 0.836. The molecule has 98 valence electrons. The van der Waals surface area contributed by atoms with Gasteiger partial charge in [0.1, 0.15) is 4.70 Å². The third-order valence-electron chi connectivity index (χ3n) is 2.67. The van der Waals surface area contributed by atoms with Gasteiger partial charge in [0.25, 0.3) is 5.56 Å². The molecule has 6 heteroatoms. The Balaban J connectivity index is 1.88. The lowest BCUT2D eigenvalue weighted by Gasteiger charge is -2.06. The second-order valence-corrected chi connectivity index (χ2v) is 4.89. The van der Waals surface area contributed by atoms with E-state index in [1.54, 1.807) is 18.0 Å². The lowest BCUT2D eigenvalue weighted by molar-refractivity contribution is 0.194. The largest absolute Gasteiger partial charge is 0.385 e. The van der Waals surface area contributed by atoms with Gasteiger partial charge in [-0.15, -0.1) is 11.3 Å². The first kappa shape index (κ1) is 13.2. The predicted octanol–water partition coefficient (Wildman–Crippen LogP) is 1.08. The summed E-state index contributed by atoms with van der Waals surface area (Å²) in [5.74, 6) is 0. The molecule has 5 nitrogen and oxygen atoms in total. The van der Waals surface area contributed by atoms with Crippen LogP contribution in [0.25, 0.3) is 10.2 Å². The molecular weight excluding hydrogens is 250 g/mol. The van der Waals surface area contributed by atoms with Crippen molar-refractivity contribution in [3.05, 3.63) is 28.1 Å². The second-order valence-electron chi connectivity index (χ2n) is 3.97. The first-order valence-corrected chi connectivity index (χ1v) is 6.83. The van der Waals surface area contributed by atoms with E-state index in [0.29, 0.717) is 6.54 Å². The molecule has 0 spiro atoms. The van der Waals surface area contributed by atoms with Gasteiger partial charge in [-0.1, -0.05) is 0 Å². The van der Waals surface area contributed by atoms with Crippen LogP contribution in [0.5, 0.6) is 0 Å². The number of hydrogen-bond acceptors (Lipinski definition) is 5. The average Bonchev–Trinajstić information content (AvgIpc) is 2.85. The standard InChI is InChI=1S/C12H17N3O2S/c1-17-7-2-4-13-5-6-15-9-14-10-3-8-18-11(10)12(15)16/h3,8-9,13H,2,4-7H2,1H3. The van der Waals surface area contributed by atoms with Crippen molar-refractivity contribution in [2.24, 2.45) is 0 Å². The van der Waals surface area contributed by atoms with Gasteiger partial charge in [0.2, 0.25) is 0 Å². The number of rotatable bonds is 7. The Morgan fingerprint density at radius 1 is 1.50 bits per heavy atom. The molecule has 0 aliphatic carbocycles. The van der Waals surface area contributed by atoms with E-state index in [0.717, 1.165) is 36.3 Å². The van der Waals surface area contributed by atoms with Crippen LogP contribution in [0.1, 0.15) is 6.42 Å². The highest BCUT2D eigenvalue weighted by Crippen LogP contribution is 2.12. The molecule has 0 saturated carbocycles. The van der Waals surface area contributed by atoms with E-state index in [2.05, 4.69) is 10.3 Å². The van der Waals surface area contributed by atoms with Crippen LogP contribution in [-0.2, 0) is 11.3 Å². The van der Waals surface area contributed by atoms with E-state index < -0.39 is 0 Å². The molecule has 2 rings (SSSR count). The Kier molecular flexibility index (Phi) is 4.86. The summed E-state index contributed by atoms with van der Waals surface area (Å²) in [5, 5.41) is 5.17. The van der Waals surface area contributed by atoms with Crippen molar-refractivity contribution in [3.63, 3.8) is 0 Å². The molecule has 0 saturated heterocycles. The number of ether oxygens (including phenoxy) is 1. The molecule has 1 N–H and O–H groups in total. The molecule has 0 aromatic carbocycles. The number of hydrogen-bond donors (Lipinski definition) is 1. The third kappa shape index (κ3) is 3.16. The minimum Gasteiger partial charge on any atom is -0.385 e. The van der Waals surface area contributed by atoms with Crippen LogP contribution >= 0.6 is 11.3 Å². The first-order chi connectivity index (χ1) is 8.83. The van der Waals surface area contributed by atoms with Gasteiger partial charge < -0.3 is 10.1 Å². The molecular formula is C12H17N3O2S. The fourth-order valence-corrected chi connectivity index (χ4v) is 2.50. The minimum absolute atomic E-state index is 0.0497. The summed E-state index contributed by atoms with van der Waals surface area (Å²) in [6, 6.07) is 1.87. The normalized spacial score (nSPS) is 11.2. The van der Waals surface area contributed by atoms with Crippen molar-refractivity contribution in [1.29, 1.82) is 0 Å². The van der Waals surface area contributed by atoms with Crippen molar-refractivity contribution in [3.8, 4) is 0 Å².